The van der Waals surface area contributed by atoms with Gasteiger partial charge < -0.3 is 9.47 Å². The summed E-state index contributed by atoms with van der Waals surface area (Å²) in [5.41, 5.74) is 1.34. The maximum absolute atomic E-state index is 13.6. The van der Waals surface area contributed by atoms with Gasteiger partial charge in [-0.15, -0.1) is 0 Å². The van der Waals surface area contributed by atoms with Crippen LogP contribution in [0.3, 0.4) is 0 Å². The molecule has 4 rings (SSSR count). The predicted octanol–water partition coefficient (Wildman–Crippen LogP) is 5.50. The Kier molecular flexibility index (Phi) is 8.56. The second-order valence-corrected chi connectivity index (χ2v) is 9.49. The Balaban J connectivity index is 1.55. The van der Waals surface area contributed by atoms with E-state index < -0.39 is 0 Å². The molecular weight excluding hydrogens is 458 g/mol. The molecule has 1 aliphatic heterocycles. The van der Waals surface area contributed by atoms with E-state index in [4.69, 9.17) is 26.1 Å². The van der Waals surface area contributed by atoms with Crippen molar-refractivity contribution in [2.45, 2.75) is 26.2 Å². The van der Waals surface area contributed by atoms with E-state index in [1.54, 1.807) is 4.90 Å². The topological polar surface area (TPSA) is 54.9 Å². The molecule has 0 aliphatic carbocycles. The minimum Gasteiger partial charge on any atom is -0.494 e. The average Bonchev–Trinajstić information content (AvgIpc) is 3.28. The minimum atomic E-state index is -0.0758. The number of morpholine rings is 1. The number of rotatable bonds is 10. The van der Waals surface area contributed by atoms with Gasteiger partial charge in [0, 0.05) is 31.7 Å². The molecule has 0 spiro atoms. The predicted molar refractivity (Wildman–Crippen MR) is 135 cm³/mol. The molecule has 0 bridgehead atoms. The molecule has 1 saturated heterocycles. The highest BCUT2D eigenvalue weighted by molar-refractivity contribution is 7.22. The highest BCUT2D eigenvalue weighted by atomic mass is 35.5. The lowest BCUT2D eigenvalue weighted by molar-refractivity contribution is 0.0376. The van der Waals surface area contributed by atoms with Crippen LogP contribution < -0.4 is 9.64 Å². The molecule has 2 heterocycles. The molecule has 0 unspecified atom stereocenters. The number of amides is 1. The van der Waals surface area contributed by atoms with Gasteiger partial charge in [-0.2, -0.15) is 0 Å². The molecule has 33 heavy (non-hydrogen) atoms. The number of anilines is 1. The van der Waals surface area contributed by atoms with Crippen molar-refractivity contribution in [2.24, 2.45) is 0 Å². The van der Waals surface area contributed by atoms with Crippen molar-refractivity contribution >= 4 is 44.2 Å². The fourth-order valence-corrected chi connectivity index (χ4v) is 5.08. The maximum Gasteiger partial charge on any atom is 0.260 e. The standard InChI is InChI=1S/C25H30ClN3O3S/c1-2-3-15-32-20-8-4-7-19(18-20)24(30)29(12-6-11-28-13-16-31-17-14-28)25-27-23-21(26)9-5-10-22(23)33-25/h4-5,7-10,18H,2-3,6,11-17H2,1H3. The van der Waals surface area contributed by atoms with Crippen molar-refractivity contribution in [3.63, 3.8) is 0 Å². The van der Waals surface area contributed by atoms with Gasteiger partial charge in [-0.3, -0.25) is 14.6 Å². The zero-order chi connectivity index (χ0) is 23.0. The molecule has 3 aromatic rings. The number of nitrogens with zero attached hydrogens (tertiary/aromatic N) is 3. The first-order valence-electron chi connectivity index (χ1n) is 11.6. The van der Waals surface area contributed by atoms with E-state index in [1.165, 1.54) is 11.3 Å². The highest BCUT2D eigenvalue weighted by Crippen LogP contribution is 2.33. The third kappa shape index (κ3) is 6.23. The summed E-state index contributed by atoms with van der Waals surface area (Å²) >= 11 is 7.86. The fraction of sp³-hybridized carbons (Fsp3) is 0.440. The number of carbonyl (C=O) groups excluding carboxylic acids is 1. The number of para-hydroxylation sites is 1. The van der Waals surface area contributed by atoms with Gasteiger partial charge in [-0.25, -0.2) is 4.98 Å². The molecule has 176 valence electrons. The van der Waals surface area contributed by atoms with E-state index in [1.807, 2.05) is 42.5 Å². The summed E-state index contributed by atoms with van der Waals surface area (Å²) in [6.45, 7) is 7.67. The first kappa shape index (κ1) is 24.0. The summed E-state index contributed by atoms with van der Waals surface area (Å²) in [5, 5.41) is 1.27. The molecule has 0 saturated carbocycles. The second-order valence-electron chi connectivity index (χ2n) is 8.08. The van der Waals surface area contributed by atoms with Crippen LogP contribution in [0.2, 0.25) is 5.02 Å². The van der Waals surface area contributed by atoms with Crippen LogP contribution >= 0.6 is 22.9 Å². The highest BCUT2D eigenvalue weighted by Gasteiger charge is 2.23. The van der Waals surface area contributed by atoms with Gasteiger partial charge in [0.05, 0.1) is 29.5 Å². The number of hydrogen-bond acceptors (Lipinski definition) is 6. The van der Waals surface area contributed by atoms with Crippen molar-refractivity contribution in [2.75, 3.05) is 50.9 Å². The lowest BCUT2D eigenvalue weighted by Gasteiger charge is -2.27. The van der Waals surface area contributed by atoms with Crippen LogP contribution in [0.5, 0.6) is 5.75 Å². The van der Waals surface area contributed by atoms with E-state index in [0.29, 0.717) is 28.9 Å². The number of unbranched alkanes of at least 4 members (excludes halogenated alkanes) is 1. The number of benzene rings is 2. The van der Waals surface area contributed by atoms with Crippen LogP contribution in [0.15, 0.2) is 42.5 Å². The molecule has 6 nitrogen and oxygen atoms in total. The molecule has 0 radical (unpaired) electrons. The smallest absolute Gasteiger partial charge is 0.260 e. The second kappa shape index (κ2) is 11.8. The number of ether oxygens (including phenoxy) is 2. The SMILES string of the molecule is CCCCOc1cccc(C(=O)N(CCCN2CCOCC2)c2nc3c(Cl)cccc3s2)c1. The van der Waals surface area contributed by atoms with Crippen molar-refractivity contribution in [1.29, 1.82) is 0 Å². The Morgan fingerprint density at radius 1 is 1.21 bits per heavy atom. The molecule has 1 aromatic heterocycles. The van der Waals surface area contributed by atoms with Crippen molar-refractivity contribution in [1.82, 2.24) is 9.88 Å². The third-order valence-electron chi connectivity index (χ3n) is 5.64. The summed E-state index contributed by atoms with van der Waals surface area (Å²) in [4.78, 5) is 22.5. The van der Waals surface area contributed by atoms with E-state index in [2.05, 4.69) is 11.8 Å². The Hall–Kier alpha value is -2.19. The van der Waals surface area contributed by atoms with Gasteiger partial charge >= 0.3 is 0 Å². The Morgan fingerprint density at radius 3 is 2.82 bits per heavy atom. The molecule has 0 atom stereocenters. The quantitative estimate of drug-likeness (QED) is 0.353. The van der Waals surface area contributed by atoms with Gasteiger partial charge in [0.2, 0.25) is 0 Å². The van der Waals surface area contributed by atoms with E-state index in [-0.39, 0.29) is 5.91 Å². The van der Waals surface area contributed by atoms with Crippen LogP contribution in [-0.2, 0) is 4.74 Å². The number of carbonyl (C=O) groups is 1. The number of hydrogen-bond donors (Lipinski definition) is 0. The normalized spacial score (nSPS) is 14.5. The molecule has 1 aliphatic rings. The molecule has 1 fully saturated rings. The number of aromatic nitrogens is 1. The lowest BCUT2D eigenvalue weighted by Crippen LogP contribution is -2.39. The van der Waals surface area contributed by atoms with Crippen molar-refractivity contribution in [3.8, 4) is 5.75 Å². The van der Waals surface area contributed by atoms with Crippen LogP contribution in [0.4, 0.5) is 5.13 Å². The summed E-state index contributed by atoms with van der Waals surface area (Å²) in [6.07, 6.45) is 2.90. The zero-order valence-corrected chi connectivity index (χ0v) is 20.5. The van der Waals surface area contributed by atoms with Gasteiger partial charge in [0.25, 0.3) is 5.91 Å². The van der Waals surface area contributed by atoms with E-state index in [0.717, 1.165) is 68.1 Å². The zero-order valence-electron chi connectivity index (χ0n) is 19.0. The molecular formula is C25H30ClN3O3S. The van der Waals surface area contributed by atoms with Crippen LogP contribution in [0.1, 0.15) is 36.5 Å². The van der Waals surface area contributed by atoms with Crippen molar-refractivity contribution in [3.05, 3.63) is 53.1 Å². The summed E-state index contributed by atoms with van der Waals surface area (Å²) in [7, 11) is 0. The summed E-state index contributed by atoms with van der Waals surface area (Å²) in [6, 6.07) is 13.2. The first-order valence-corrected chi connectivity index (χ1v) is 12.7. The lowest BCUT2D eigenvalue weighted by atomic mass is 10.2. The van der Waals surface area contributed by atoms with Crippen molar-refractivity contribution < 1.29 is 14.3 Å². The van der Waals surface area contributed by atoms with Gasteiger partial charge in [-0.1, -0.05) is 48.4 Å². The van der Waals surface area contributed by atoms with Gasteiger partial charge in [0.1, 0.15) is 11.3 Å². The molecule has 8 heteroatoms. The molecule has 0 N–H and O–H groups in total. The van der Waals surface area contributed by atoms with Crippen LogP contribution in [0, 0.1) is 0 Å². The maximum atomic E-state index is 13.6. The monoisotopic (exact) mass is 487 g/mol. The largest absolute Gasteiger partial charge is 0.494 e. The number of thiazole rings is 1. The summed E-state index contributed by atoms with van der Waals surface area (Å²) in [5.74, 6) is 0.642. The Morgan fingerprint density at radius 2 is 2.03 bits per heavy atom. The van der Waals surface area contributed by atoms with E-state index >= 15 is 0 Å². The average molecular weight is 488 g/mol. The number of halogens is 1. The van der Waals surface area contributed by atoms with E-state index in [9.17, 15) is 4.79 Å². The Labute approximate surface area is 204 Å². The number of fused-ring (bicyclic) bond motifs is 1. The fourth-order valence-electron chi connectivity index (χ4n) is 3.79. The Bertz CT molecular complexity index is 1070. The summed E-state index contributed by atoms with van der Waals surface area (Å²) < 4.78 is 12.2. The van der Waals surface area contributed by atoms with Gasteiger partial charge in [-0.05, 0) is 43.2 Å². The van der Waals surface area contributed by atoms with Crippen LogP contribution in [0.25, 0.3) is 10.2 Å². The third-order valence-corrected chi connectivity index (χ3v) is 6.99. The van der Waals surface area contributed by atoms with Gasteiger partial charge in [0.15, 0.2) is 5.13 Å². The minimum absolute atomic E-state index is 0.0758. The molecule has 1 amide bonds. The first-order chi connectivity index (χ1) is 16.2. The molecule has 2 aromatic carbocycles. The van der Waals surface area contributed by atoms with Crippen LogP contribution in [-0.4, -0.2) is 61.8 Å².